The molecule has 0 aliphatic carbocycles. The lowest BCUT2D eigenvalue weighted by atomic mass is 9.87. The Morgan fingerprint density at radius 2 is 1.65 bits per heavy atom. The van der Waals surface area contributed by atoms with Crippen molar-refractivity contribution in [3.63, 3.8) is 0 Å². The maximum absolute atomic E-state index is 14.5. The Morgan fingerprint density at radius 1 is 0.955 bits per heavy atom. The minimum Gasteiger partial charge on any atom is -0.454 e. The van der Waals surface area contributed by atoms with Crippen LogP contribution in [0.1, 0.15) is 85.6 Å². The molecule has 20 heteroatoms. The Labute approximate surface area is 385 Å². The summed E-state index contributed by atoms with van der Waals surface area (Å²) in [5, 5.41) is 10.1. The van der Waals surface area contributed by atoms with E-state index in [0.717, 1.165) is 36.2 Å². The maximum Gasteiger partial charge on any atom is 0.490 e. The van der Waals surface area contributed by atoms with Crippen LogP contribution in [0.4, 0.5) is 13.2 Å². The second-order valence-electron chi connectivity index (χ2n) is 17.8. The number of imide groups is 1. The molecule has 1 aromatic heterocycles. The summed E-state index contributed by atoms with van der Waals surface area (Å²) in [7, 11) is 5.95. The summed E-state index contributed by atoms with van der Waals surface area (Å²) in [4.78, 5) is 93.7. The number of esters is 1. The van der Waals surface area contributed by atoms with Gasteiger partial charge >= 0.3 is 12.1 Å². The molecule has 0 radical (unpaired) electrons. The van der Waals surface area contributed by atoms with Crippen molar-refractivity contribution in [3.05, 3.63) is 36.0 Å². The maximum atomic E-state index is 14.5. The molecule has 4 N–H and O–H groups in total. The third kappa shape index (κ3) is 13.3. The average Bonchev–Trinajstić information content (AvgIpc) is 3.93. The van der Waals surface area contributed by atoms with Crippen molar-refractivity contribution >= 4 is 46.4 Å². The Hall–Kier alpha value is -4.63. The molecule has 3 heterocycles. The van der Waals surface area contributed by atoms with E-state index in [1.807, 2.05) is 44.3 Å². The van der Waals surface area contributed by atoms with Crippen molar-refractivity contribution in [2.24, 2.45) is 17.8 Å². The number of aromatic nitrogens is 1. The number of hydroxylamine groups is 2. The summed E-state index contributed by atoms with van der Waals surface area (Å²) in [5.41, 5.74) is 1.76. The second kappa shape index (κ2) is 24.4. The van der Waals surface area contributed by atoms with Gasteiger partial charge in [0.2, 0.25) is 23.6 Å². The Morgan fingerprint density at radius 3 is 2.24 bits per heavy atom. The highest BCUT2D eigenvalue weighted by Gasteiger charge is 2.46. The molecule has 2 aromatic rings. The van der Waals surface area contributed by atoms with Crippen molar-refractivity contribution in [1.82, 2.24) is 35.8 Å². The highest BCUT2D eigenvalue weighted by atomic mass is 19.4. The number of hydrogen-bond acceptors (Lipinski definition) is 12. The molecule has 1 aromatic carbocycles. The molecule has 66 heavy (non-hydrogen) atoms. The number of benzene rings is 1. The molecule has 5 amide bonds. The van der Waals surface area contributed by atoms with E-state index in [1.165, 1.54) is 26.3 Å². The molecule has 2 saturated heterocycles. The van der Waals surface area contributed by atoms with Gasteiger partial charge in [0.05, 0.1) is 43.2 Å². The minimum atomic E-state index is -5.28. The molecular weight excluding hydrogens is 868 g/mol. The number of methoxy groups -OCH3 is 2. The fourth-order valence-electron chi connectivity index (χ4n) is 9.46. The van der Waals surface area contributed by atoms with Crippen LogP contribution >= 0.6 is 0 Å². The summed E-state index contributed by atoms with van der Waals surface area (Å²) in [6.07, 6.45) is -2.99. The smallest absolute Gasteiger partial charge is 0.454 e. The SMILES string of the molecule is CC[C@H](C)[C@@H]([C@@H](CC(=O)N1CCC[C@H]1[C@H](OC)[C@@H](C)C(=O)N[C@@H](Cc1c[nH]c2ccccc12)C(=O)N1CCCCO1)OC)N(C)[C@H](C(=O)NC(=O)[C@@H](NC)[C@@H](C)OC(=O)C(F)(F)F)C(C)C. The first kappa shape index (κ1) is 54.0. The van der Waals surface area contributed by atoms with Crippen LogP contribution in [-0.2, 0) is 54.2 Å². The number of likely N-dealkylation sites (N-methyl/N-ethyl adjacent to an activating group) is 2. The van der Waals surface area contributed by atoms with Gasteiger partial charge in [0, 0.05) is 56.9 Å². The van der Waals surface area contributed by atoms with Gasteiger partial charge in [0.15, 0.2) is 0 Å². The predicted octanol–water partition coefficient (Wildman–Crippen LogP) is 3.89. The summed E-state index contributed by atoms with van der Waals surface area (Å²) in [6.45, 7) is 11.5. The van der Waals surface area contributed by atoms with Crippen molar-refractivity contribution in [2.75, 3.05) is 48.0 Å². The third-order valence-electron chi connectivity index (χ3n) is 13.1. The van der Waals surface area contributed by atoms with E-state index in [1.54, 1.807) is 37.6 Å². The topological polar surface area (TPSA) is 201 Å². The first-order valence-corrected chi connectivity index (χ1v) is 22.9. The zero-order chi connectivity index (χ0) is 49.0. The van der Waals surface area contributed by atoms with Crippen LogP contribution in [-0.4, -0.2) is 158 Å². The number of rotatable bonds is 22. The number of H-pyrrole nitrogens is 1. The predicted molar refractivity (Wildman–Crippen MR) is 238 cm³/mol. The molecule has 2 aliphatic heterocycles. The van der Waals surface area contributed by atoms with Crippen LogP contribution in [0.5, 0.6) is 0 Å². The van der Waals surface area contributed by atoms with Crippen molar-refractivity contribution in [3.8, 4) is 0 Å². The van der Waals surface area contributed by atoms with E-state index >= 15 is 0 Å². The van der Waals surface area contributed by atoms with Crippen LogP contribution < -0.4 is 16.0 Å². The van der Waals surface area contributed by atoms with Gasteiger partial charge in [0.25, 0.3) is 5.91 Å². The number of ether oxygens (including phenoxy) is 3. The molecule has 370 valence electrons. The highest BCUT2D eigenvalue weighted by Crippen LogP contribution is 2.31. The number of halogens is 3. The number of carbonyl (C=O) groups excluding carboxylic acids is 6. The number of carbonyl (C=O) groups is 6. The summed E-state index contributed by atoms with van der Waals surface area (Å²) in [5.74, 6) is -6.58. The Kier molecular flexibility index (Phi) is 20.0. The Bertz CT molecular complexity index is 1960. The zero-order valence-electron chi connectivity index (χ0n) is 39.9. The van der Waals surface area contributed by atoms with Crippen molar-refractivity contribution in [2.45, 2.75) is 141 Å². The minimum absolute atomic E-state index is 0.102. The lowest BCUT2D eigenvalue weighted by Gasteiger charge is -2.43. The molecule has 10 atom stereocenters. The number of nitrogens with one attached hydrogen (secondary N) is 4. The molecule has 0 spiro atoms. The quantitative estimate of drug-likeness (QED) is 0.124. The fraction of sp³-hybridized carbons (Fsp3) is 0.696. The van der Waals surface area contributed by atoms with E-state index < -0.39 is 90.2 Å². The van der Waals surface area contributed by atoms with Gasteiger partial charge in [0.1, 0.15) is 18.2 Å². The Balaban J connectivity index is 1.51. The van der Waals surface area contributed by atoms with E-state index in [9.17, 15) is 41.9 Å². The monoisotopic (exact) mass is 938 g/mol. The molecule has 2 aliphatic rings. The van der Waals surface area contributed by atoms with Crippen LogP contribution in [0.15, 0.2) is 30.5 Å². The van der Waals surface area contributed by atoms with Gasteiger partial charge in [-0.05, 0) is 70.2 Å². The summed E-state index contributed by atoms with van der Waals surface area (Å²) >= 11 is 0. The number of nitrogens with zero attached hydrogens (tertiary/aromatic N) is 3. The molecule has 17 nitrogen and oxygen atoms in total. The summed E-state index contributed by atoms with van der Waals surface area (Å²) in [6, 6.07) is 3.26. The first-order valence-electron chi connectivity index (χ1n) is 22.9. The molecular formula is C46H70F3N7O10. The van der Waals surface area contributed by atoms with Gasteiger partial charge in [-0.15, -0.1) is 0 Å². The highest BCUT2D eigenvalue weighted by molar-refractivity contribution is 6.00. The number of likely N-dealkylation sites (tertiary alicyclic amines) is 1. The third-order valence-corrected chi connectivity index (χ3v) is 13.1. The number of para-hydroxylation sites is 1. The lowest BCUT2D eigenvalue weighted by Crippen LogP contribution is -2.60. The van der Waals surface area contributed by atoms with Gasteiger partial charge in [-0.25, -0.2) is 9.86 Å². The first-order chi connectivity index (χ1) is 31.2. The van der Waals surface area contributed by atoms with E-state index in [2.05, 4.69) is 25.7 Å². The standard InChI is InChI=1S/C46H70F3N7O10/c1-11-27(4)39(54(8)38(26(2)3)43(60)53-42(59)37(50-7)29(6)66-45(62)46(47,48)49)35(63-9)24-36(57)55-20-16-19-34(55)40(64-10)28(5)41(58)52-33(44(61)56-21-14-15-22-65-56)23-30-25-51-32-18-13-12-17-31(30)32/h12-13,17-18,25-29,33-35,37-40,50-51H,11,14-16,19-24H2,1-10H3,(H,52,58)(H,53,59,60)/t27-,28+,29+,33-,34-,35+,37-,38-,39-,40+/m0/s1. The van der Waals surface area contributed by atoms with E-state index in [-0.39, 0.29) is 30.6 Å². The number of amides is 5. The average molecular weight is 938 g/mol. The molecule has 0 bridgehead atoms. The fourth-order valence-corrected chi connectivity index (χ4v) is 9.46. The second-order valence-corrected chi connectivity index (χ2v) is 17.8. The van der Waals surface area contributed by atoms with E-state index in [4.69, 9.17) is 14.3 Å². The zero-order valence-corrected chi connectivity index (χ0v) is 39.9. The van der Waals surface area contributed by atoms with Crippen molar-refractivity contribution < 1.29 is 61.0 Å². The van der Waals surface area contributed by atoms with Crippen molar-refractivity contribution in [1.29, 1.82) is 0 Å². The van der Waals surface area contributed by atoms with Crippen LogP contribution in [0.3, 0.4) is 0 Å². The summed E-state index contributed by atoms with van der Waals surface area (Å²) < 4.78 is 55.2. The normalized spacial score (nSPS) is 20.0. The van der Waals surface area contributed by atoms with Crippen LogP contribution in [0, 0.1) is 17.8 Å². The lowest BCUT2D eigenvalue weighted by molar-refractivity contribution is -0.205. The molecule has 0 saturated carbocycles. The van der Waals surface area contributed by atoms with E-state index in [0.29, 0.717) is 39.0 Å². The number of alkyl halides is 3. The number of fused-ring (bicyclic) bond motifs is 1. The van der Waals surface area contributed by atoms with Gasteiger partial charge in [-0.2, -0.15) is 13.2 Å². The number of aromatic amines is 1. The largest absolute Gasteiger partial charge is 0.490 e. The number of hydrogen-bond donors (Lipinski definition) is 4. The van der Waals surface area contributed by atoms with Crippen LogP contribution in [0.2, 0.25) is 0 Å². The molecule has 0 unspecified atom stereocenters. The van der Waals surface area contributed by atoms with Gasteiger partial charge in [-0.3, -0.25) is 39.0 Å². The van der Waals surface area contributed by atoms with Gasteiger partial charge < -0.3 is 34.7 Å². The van der Waals surface area contributed by atoms with Crippen LogP contribution in [0.25, 0.3) is 10.9 Å². The van der Waals surface area contributed by atoms with Gasteiger partial charge in [-0.1, -0.05) is 59.2 Å². The molecule has 4 rings (SSSR count). The molecule has 2 fully saturated rings.